The van der Waals surface area contributed by atoms with Gasteiger partial charge in [-0.25, -0.2) is 0 Å². The van der Waals surface area contributed by atoms with E-state index in [4.69, 9.17) is 28.4 Å². The maximum Gasteiger partial charge on any atom is 0.311 e. The summed E-state index contributed by atoms with van der Waals surface area (Å²) in [4.78, 5) is 78.9. The van der Waals surface area contributed by atoms with Crippen LogP contribution in [0.2, 0.25) is 0 Å². The van der Waals surface area contributed by atoms with Crippen LogP contribution in [0.15, 0.2) is 48.5 Å². The smallest absolute Gasteiger partial charge is 0.311 e. The molecule has 1 aliphatic rings. The van der Waals surface area contributed by atoms with E-state index in [2.05, 4.69) is 37.6 Å². The first-order valence-corrected chi connectivity index (χ1v) is 36.3. The number of benzene rings is 2. The van der Waals surface area contributed by atoms with E-state index in [0.717, 1.165) is 177 Å². The minimum Gasteiger partial charge on any atom is -0.466 e. The van der Waals surface area contributed by atoms with E-state index in [1.807, 2.05) is 33.7 Å². The summed E-state index contributed by atoms with van der Waals surface area (Å²) >= 11 is 0. The lowest BCUT2D eigenvalue weighted by Gasteiger charge is -2.31. The average molecular weight is 1240 g/mol. The number of esters is 6. The van der Waals surface area contributed by atoms with Gasteiger partial charge in [-0.3, -0.25) is 28.8 Å². The normalized spacial score (nSPS) is 13.1. The van der Waals surface area contributed by atoms with Crippen molar-refractivity contribution < 1.29 is 57.2 Å². The Bertz CT molecular complexity index is 2070. The van der Waals surface area contributed by atoms with E-state index in [1.54, 1.807) is 36.4 Å². The molecular weight excluding hydrogens is 1120 g/mol. The summed E-state index contributed by atoms with van der Waals surface area (Å²) in [6.45, 7) is 13.8. The van der Waals surface area contributed by atoms with Crippen LogP contribution in [0, 0.1) is 11.8 Å². The molecule has 3 rings (SSSR count). The lowest BCUT2D eigenvalue weighted by molar-refractivity contribution is -0.144. The summed E-state index contributed by atoms with van der Waals surface area (Å²) in [7, 11) is 6.07. The van der Waals surface area contributed by atoms with E-state index >= 15 is 0 Å². The third kappa shape index (κ3) is 42.7. The average Bonchev–Trinajstić information content (AvgIpc) is 3.65. The Kier molecular flexibility index (Phi) is 45.8. The molecule has 0 radical (unpaired) electrons. The first kappa shape index (κ1) is 76.1. The minimum atomic E-state index is -0.268. The zero-order valence-corrected chi connectivity index (χ0v) is 55.5. The van der Waals surface area contributed by atoms with E-state index < -0.39 is 0 Å². The number of carbonyl (C=O) groups is 6. The quantitative estimate of drug-likeness (QED) is 0.0202. The van der Waals surface area contributed by atoms with Crippen LogP contribution in [0.3, 0.4) is 0 Å². The monoisotopic (exact) mass is 1240 g/mol. The van der Waals surface area contributed by atoms with Gasteiger partial charge in [0.05, 0.1) is 39.3 Å². The molecule has 2 aromatic carbocycles. The second-order valence-electron chi connectivity index (χ2n) is 24.0. The fourth-order valence-corrected chi connectivity index (χ4v) is 12.4. The highest BCUT2D eigenvalue weighted by atomic mass is 33.1. The highest BCUT2D eigenvalue weighted by Gasteiger charge is 2.20. The summed E-state index contributed by atoms with van der Waals surface area (Å²) in [5, 5.41) is 0. The maximum atomic E-state index is 12.6. The van der Waals surface area contributed by atoms with Crippen molar-refractivity contribution in [1.82, 2.24) is 9.80 Å². The number of carbonyl (C=O) groups excluding carboxylic acids is 6. The number of rotatable bonds is 54. The molecule has 0 saturated carbocycles. The van der Waals surface area contributed by atoms with Crippen molar-refractivity contribution in [2.45, 2.75) is 245 Å². The Hall–Kier alpha value is -4.12. The van der Waals surface area contributed by atoms with Gasteiger partial charge in [0.1, 0.15) is 11.5 Å². The fourth-order valence-electron chi connectivity index (χ4n) is 10.3. The summed E-state index contributed by atoms with van der Waals surface area (Å²) < 4.78 is 33.0. The molecule has 16 heteroatoms. The van der Waals surface area contributed by atoms with Crippen molar-refractivity contribution in [2.75, 3.05) is 77.7 Å². The predicted molar refractivity (Wildman–Crippen MR) is 351 cm³/mol. The van der Waals surface area contributed by atoms with Crippen LogP contribution < -0.4 is 9.47 Å². The number of ether oxygens (including phenoxy) is 6. The summed E-state index contributed by atoms with van der Waals surface area (Å²) in [5.74, 6) is 2.89. The zero-order valence-electron chi connectivity index (χ0n) is 53.9. The Morgan fingerprint density at radius 3 is 1.33 bits per heavy atom. The van der Waals surface area contributed by atoms with Gasteiger partial charge >= 0.3 is 35.8 Å². The van der Waals surface area contributed by atoms with Gasteiger partial charge in [-0.05, 0) is 145 Å². The summed E-state index contributed by atoms with van der Waals surface area (Å²) in [5.41, 5.74) is 1.64. The van der Waals surface area contributed by atoms with Gasteiger partial charge in [0.15, 0.2) is 0 Å². The van der Waals surface area contributed by atoms with Gasteiger partial charge in [0.25, 0.3) is 0 Å². The largest absolute Gasteiger partial charge is 0.466 e. The molecule has 0 bridgehead atoms. The second-order valence-corrected chi connectivity index (χ2v) is 26.7. The number of piperidine rings is 1. The molecule has 0 aromatic heterocycles. The van der Waals surface area contributed by atoms with Crippen molar-refractivity contribution >= 4 is 57.4 Å². The molecule has 0 spiro atoms. The van der Waals surface area contributed by atoms with Crippen molar-refractivity contribution in [1.29, 1.82) is 0 Å². The van der Waals surface area contributed by atoms with Crippen LogP contribution in [0.25, 0.3) is 0 Å². The second kappa shape index (κ2) is 51.7. The minimum absolute atomic E-state index is 0.102. The van der Waals surface area contributed by atoms with Gasteiger partial charge in [0.2, 0.25) is 0 Å². The Morgan fingerprint density at radius 2 is 0.860 bits per heavy atom. The molecule has 0 N–H and O–H groups in total. The molecule has 14 nitrogen and oxygen atoms in total. The van der Waals surface area contributed by atoms with Crippen LogP contribution in [0.1, 0.15) is 244 Å². The molecule has 1 atom stereocenters. The highest BCUT2D eigenvalue weighted by Crippen LogP contribution is 2.25. The Labute approximate surface area is 527 Å². The molecule has 2 aromatic rings. The van der Waals surface area contributed by atoms with Crippen molar-refractivity contribution in [3.63, 3.8) is 0 Å². The van der Waals surface area contributed by atoms with Gasteiger partial charge in [-0.1, -0.05) is 182 Å². The summed E-state index contributed by atoms with van der Waals surface area (Å²) in [6.07, 6.45) is 32.6. The Balaban J connectivity index is 1.07. The molecule has 86 heavy (non-hydrogen) atoms. The van der Waals surface area contributed by atoms with Gasteiger partial charge in [-0.15, -0.1) is 0 Å². The molecule has 1 fully saturated rings. The standard InChI is InChI=1S/C70H114N2O12S2/c1-5-7-9-11-13-21-27-51-79-65(73)29-23-17-15-19-25-31-67(75)83-63-37-33-61(34-38-63)57-69(77)81-53-44-59(3)41-46-71(4)49-55-85-86-56-50-72-47-42-60(43-48-72)45-54-82-70(78)58-62-35-39-64(40-36-62)84-68(76)32-26-20-16-18-24-30-66(74)80-52-28-22-14-12-10-8-6-2/h33-40,59-60H,5-32,41-58H2,1-4H3. The maximum absolute atomic E-state index is 12.6. The molecule has 488 valence electrons. The number of likely N-dealkylation sites (tertiary alicyclic amines) is 1. The lowest BCUT2D eigenvalue weighted by Crippen LogP contribution is -2.35. The topological polar surface area (TPSA) is 164 Å². The first-order chi connectivity index (χ1) is 41.9. The lowest BCUT2D eigenvalue weighted by atomic mass is 9.94. The number of hydrogen-bond acceptors (Lipinski definition) is 16. The van der Waals surface area contributed by atoms with Crippen LogP contribution >= 0.6 is 21.6 Å². The van der Waals surface area contributed by atoms with Crippen LogP contribution in [-0.4, -0.2) is 123 Å². The van der Waals surface area contributed by atoms with Crippen LogP contribution in [0.4, 0.5) is 0 Å². The van der Waals surface area contributed by atoms with E-state index in [1.165, 1.54) is 64.2 Å². The van der Waals surface area contributed by atoms with Crippen LogP contribution in [0.5, 0.6) is 11.5 Å². The van der Waals surface area contributed by atoms with Crippen molar-refractivity contribution in [2.24, 2.45) is 11.8 Å². The number of hydrogen-bond donors (Lipinski definition) is 0. The van der Waals surface area contributed by atoms with Gasteiger partial charge < -0.3 is 38.2 Å². The van der Waals surface area contributed by atoms with E-state index in [-0.39, 0.29) is 48.7 Å². The first-order valence-electron chi connectivity index (χ1n) is 33.8. The van der Waals surface area contributed by atoms with Gasteiger partial charge in [0, 0.05) is 50.3 Å². The predicted octanol–water partition coefficient (Wildman–Crippen LogP) is 16.2. The molecular formula is C70H114N2O12S2. The Morgan fingerprint density at radius 1 is 0.465 bits per heavy atom. The molecule has 1 unspecified atom stereocenters. The number of nitrogens with zero attached hydrogens (tertiary/aromatic N) is 2. The van der Waals surface area contributed by atoms with Crippen LogP contribution in [-0.2, 0) is 60.6 Å². The SMILES string of the molecule is CCCCCCCCCOC(=O)CCCCCCCC(=O)Oc1ccc(CC(=O)OCCC(C)CCN(C)CCSSCCN2CCC(CCOC(=O)Cc3ccc(OC(=O)CCCCCCCC(=O)OCCCCCCCCC)cc3)CC2)cc1. The van der Waals surface area contributed by atoms with E-state index in [9.17, 15) is 28.8 Å². The molecule has 1 heterocycles. The molecule has 0 amide bonds. The third-order valence-electron chi connectivity index (χ3n) is 16.1. The summed E-state index contributed by atoms with van der Waals surface area (Å²) in [6, 6.07) is 14.1. The molecule has 1 aliphatic heterocycles. The zero-order chi connectivity index (χ0) is 61.9. The van der Waals surface area contributed by atoms with Gasteiger partial charge in [-0.2, -0.15) is 0 Å². The molecule has 0 aliphatic carbocycles. The van der Waals surface area contributed by atoms with Crippen molar-refractivity contribution in [3.05, 3.63) is 59.7 Å². The fraction of sp³-hybridized carbons (Fsp3) is 0.743. The highest BCUT2D eigenvalue weighted by molar-refractivity contribution is 8.76. The molecule has 1 saturated heterocycles. The van der Waals surface area contributed by atoms with E-state index in [0.29, 0.717) is 75.4 Å². The van der Waals surface area contributed by atoms with Crippen molar-refractivity contribution in [3.8, 4) is 11.5 Å². The number of unbranched alkanes of at least 4 members (excludes halogenated alkanes) is 20. The third-order valence-corrected chi connectivity index (χ3v) is 18.4.